The van der Waals surface area contributed by atoms with Crippen LogP contribution in [0, 0.1) is 0 Å². The summed E-state index contributed by atoms with van der Waals surface area (Å²) in [6.45, 7) is 6.36. The van der Waals surface area contributed by atoms with Crippen molar-refractivity contribution in [1.29, 1.82) is 0 Å². The van der Waals surface area contributed by atoms with Crippen LogP contribution in [0.2, 0.25) is 0 Å². The van der Waals surface area contributed by atoms with Gasteiger partial charge in [0.25, 0.3) is 0 Å². The highest BCUT2D eigenvalue weighted by molar-refractivity contribution is 5.71. The molecule has 0 aliphatic carbocycles. The van der Waals surface area contributed by atoms with Crippen molar-refractivity contribution in [3.8, 4) is 0 Å². The van der Waals surface area contributed by atoms with Crippen LogP contribution >= 0.6 is 0 Å². The van der Waals surface area contributed by atoms with Gasteiger partial charge in [-0.05, 0) is 128 Å². The van der Waals surface area contributed by atoms with E-state index in [0.717, 1.165) is 161 Å². The lowest BCUT2D eigenvalue weighted by molar-refractivity contribution is -0.167. The van der Waals surface area contributed by atoms with Crippen molar-refractivity contribution >= 4 is 17.9 Å². The first-order valence-corrected chi connectivity index (χ1v) is 29.3. The Balaban J connectivity index is 4.22. The van der Waals surface area contributed by atoms with E-state index in [9.17, 15) is 14.4 Å². The van der Waals surface area contributed by atoms with Crippen LogP contribution in [0.4, 0.5) is 0 Å². The molecule has 0 aromatic carbocycles. The van der Waals surface area contributed by atoms with Gasteiger partial charge in [-0.2, -0.15) is 0 Å². The molecule has 0 rings (SSSR count). The topological polar surface area (TPSA) is 78.9 Å². The Hall–Kier alpha value is -4.71. The Bertz CT molecular complexity index is 1630. The van der Waals surface area contributed by atoms with Crippen LogP contribution in [0.1, 0.15) is 239 Å². The summed E-state index contributed by atoms with van der Waals surface area (Å²) in [5.41, 5.74) is 0. The molecule has 0 N–H and O–H groups in total. The van der Waals surface area contributed by atoms with E-state index in [4.69, 9.17) is 14.2 Å². The molecule has 0 heterocycles. The van der Waals surface area contributed by atoms with Gasteiger partial charge in [-0.3, -0.25) is 14.4 Å². The van der Waals surface area contributed by atoms with Crippen molar-refractivity contribution in [3.05, 3.63) is 146 Å². The molecule has 0 spiro atoms. The molecule has 1 atom stereocenters. The fourth-order valence-corrected chi connectivity index (χ4v) is 7.44. The van der Waals surface area contributed by atoms with Crippen LogP contribution in [-0.2, 0) is 28.6 Å². The molecule has 0 aromatic heterocycles. The monoisotopic (exact) mass is 1010 g/mol. The van der Waals surface area contributed by atoms with E-state index >= 15 is 0 Å². The summed E-state index contributed by atoms with van der Waals surface area (Å²) in [7, 11) is 0. The highest BCUT2D eigenvalue weighted by atomic mass is 16.6. The van der Waals surface area contributed by atoms with Gasteiger partial charge in [0.05, 0.1) is 0 Å². The predicted molar refractivity (Wildman–Crippen MR) is 315 cm³/mol. The van der Waals surface area contributed by atoms with Gasteiger partial charge in [-0.1, -0.05) is 237 Å². The predicted octanol–water partition coefficient (Wildman–Crippen LogP) is 20.0. The molecule has 0 aliphatic rings. The largest absolute Gasteiger partial charge is 0.462 e. The van der Waals surface area contributed by atoms with Gasteiger partial charge in [0.1, 0.15) is 13.2 Å². The molecule has 0 saturated heterocycles. The summed E-state index contributed by atoms with van der Waals surface area (Å²) in [5, 5.41) is 0. The maximum atomic E-state index is 12.8. The molecule has 0 amide bonds. The Morgan fingerprint density at radius 2 is 0.534 bits per heavy atom. The lowest BCUT2D eigenvalue weighted by Gasteiger charge is -2.18. The third-order valence-corrected chi connectivity index (χ3v) is 11.8. The van der Waals surface area contributed by atoms with E-state index in [0.29, 0.717) is 19.3 Å². The van der Waals surface area contributed by atoms with Crippen LogP contribution < -0.4 is 0 Å². The highest BCUT2D eigenvalue weighted by Gasteiger charge is 2.19. The number of carbonyl (C=O) groups excluding carboxylic acids is 3. The maximum absolute atomic E-state index is 12.8. The van der Waals surface area contributed by atoms with Crippen molar-refractivity contribution < 1.29 is 28.6 Å². The van der Waals surface area contributed by atoms with Gasteiger partial charge in [0.2, 0.25) is 0 Å². The Morgan fingerprint density at radius 3 is 0.877 bits per heavy atom. The lowest BCUT2D eigenvalue weighted by Crippen LogP contribution is -2.30. The summed E-state index contributed by atoms with van der Waals surface area (Å²) >= 11 is 0. The number of unbranched alkanes of at least 4 members (excludes halogenated alkanes) is 16. The molecule has 0 radical (unpaired) electrons. The summed E-state index contributed by atoms with van der Waals surface area (Å²) in [4.78, 5) is 37.8. The second-order valence-corrected chi connectivity index (χ2v) is 18.8. The number of allylic oxidation sites excluding steroid dienone is 24. The zero-order chi connectivity index (χ0) is 52.9. The first-order valence-electron chi connectivity index (χ1n) is 29.3. The lowest BCUT2D eigenvalue weighted by atomic mass is 10.1. The fraction of sp³-hybridized carbons (Fsp3) is 0.597. The van der Waals surface area contributed by atoms with Gasteiger partial charge < -0.3 is 14.2 Å². The van der Waals surface area contributed by atoms with E-state index in [1.807, 2.05) is 0 Å². The molecule has 6 heteroatoms. The van der Waals surface area contributed by atoms with Gasteiger partial charge in [-0.25, -0.2) is 0 Å². The molecule has 6 nitrogen and oxygen atoms in total. The molecule has 73 heavy (non-hydrogen) atoms. The number of esters is 3. The molecule has 0 bridgehead atoms. The van der Waals surface area contributed by atoms with Gasteiger partial charge in [0, 0.05) is 19.3 Å². The SMILES string of the molecule is CC/C=C\C/C=C\C/C=C\C/C=C\C/C=C\C/C=C\C/C=C\C/C=C\C/C=C\CCCCCC(=O)OCC(COC(=O)CCCCCCC)OC(=O)CCCCCCCC/C=C\C/C=C\C/C=C\CCCCC. The molecule has 410 valence electrons. The van der Waals surface area contributed by atoms with Crippen LogP contribution in [0.3, 0.4) is 0 Å². The number of hydrogen-bond donors (Lipinski definition) is 0. The minimum atomic E-state index is -0.801. The van der Waals surface area contributed by atoms with E-state index in [1.54, 1.807) is 0 Å². The molecule has 0 aromatic rings. The minimum Gasteiger partial charge on any atom is -0.462 e. The van der Waals surface area contributed by atoms with Crippen LogP contribution in [0.15, 0.2) is 146 Å². The number of rotatable bonds is 51. The Kier molecular flexibility index (Phi) is 56.0. The number of carbonyl (C=O) groups is 3. The van der Waals surface area contributed by atoms with E-state index in [2.05, 4.69) is 167 Å². The van der Waals surface area contributed by atoms with Crippen molar-refractivity contribution in [2.24, 2.45) is 0 Å². The van der Waals surface area contributed by atoms with Crippen molar-refractivity contribution in [1.82, 2.24) is 0 Å². The molecule has 0 fully saturated rings. The summed E-state index contributed by atoms with van der Waals surface area (Å²) in [6, 6.07) is 0. The third-order valence-electron chi connectivity index (χ3n) is 11.8. The quantitative estimate of drug-likeness (QED) is 0.0261. The smallest absolute Gasteiger partial charge is 0.306 e. The van der Waals surface area contributed by atoms with E-state index in [-0.39, 0.29) is 31.1 Å². The minimum absolute atomic E-state index is 0.0998. The second kappa shape index (κ2) is 59.8. The summed E-state index contributed by atoms with van der Waals surface area (Å²) in [6.07, 6.45) is 86.0. The molecule has 0 aliphatic heterocycles. The van der Waals surface area contributed by atoms with Crippen molar-refractivity contribution in [2.45, 2.75) is 245 Å². The zero-order valence-corrected chi connectivity index (χ0v) is 46.8. The second-order valence-electron chi connectivity index (χ2n) is 18.8. The number of hydrogen-bond acceptors (Lipinski definition) is 6. The molecular weight excluding hydrogens is 901 g/mol. The third kappa shape index (κ3) is 58.1. The normalized spacial score (nSPS) is 13.2. The van der Waals surface area contributed by atoms with E-state index in [1.165, 1.54) is 38.5 Å². The average Bonchev–Trinajstić information content (AvgIpc) is 3.39. The first-order chi connectivity index (χ1) is 36.0. The Labute approximate surface area is 448 Å². The van der Waals surface area contributed by atoms with E-state index < -0.39 is 6.10 Å². The van der Waals surface area contributed by atoms with Crippen LogP contribution in [0.5, 0.6) is 0 Å². The first kappa shape index (κ1) is 68.3. The molecule has 1 unspecified atom stereocenters. The van der Waals surface area contributed by atoms with Crippen molar-refractivity contribution in [3.63, 3.8) is 0 Å². The fourth-order valence-electron chi connectivity index (χ4n) is 7.44. The van der Waals surface area contributed by atoms with Crippen LogP contribution in [0.25, 0.3) is 0 Å². The molecular formula is C67H106O6. The maximum Gasteiger partial charge on any atom is 0.306 e. The standard InChI is InChI=1S/C67H106O6/c1-4-7-10-13-15-17-19-21-23-25-27-28-29-30-31-32-33-34-35-36-37-38-40-41-43-45-47-49-51-54-57-60-66(69)72-63-64(62-71-65(68)59-56-53-12-9-6-3)73-67(70)61-58-55-52-50-48-46-44-42-39-26-24-22-20-18-16-14-11-8-5-2/h7,10,15-18,21-24,27-28,30-31,33-34,36-37,39-42,45,47,64H,4-6,8-9,11-14,19-20,25-26,29,32,35,38,43-44,46,48-63H2,1-3H3/b10-7-,17-15-,18-16-,23-21-,24-22-,28-27-,31-30-,34-33-,37-36-,41-40-,42-39-,47-45-. The van der Waals surface area contributed by atoms with Gasteiger partial charge >= 0.3 is 17.9 Å². The Morgan fingerprint density at radius 1 is 0.288 bits per heavy atom. The molecule has 0 saturated carbocycles. The summed E-state index contributed by atoms with van der Waals surface area (Å²) < 4.78 is 16.7. The highest BCUT2D eigenvalue weighted by Crippen LogP contribution is 2.13. The van der Waals surface area contributed by atoms with Gasteiger partial charge in [0.15, 0.2) is 6.10 Å². The zero-order valence-electron chi connectivity index (χ0n) is 46.8. The van der Waals surface area contributed by atoms with Gasteiger partial charge in [-0.15, -0.1) is 0 Å². The number of ether oxygens (including phenoxy) is 3. The van der Waals surface area contributed by atoms with Crippen LogP contribution in [-0.4, -0.2) is 37.2 Å². The van der Waals surface area contributed by atoms with Crippen molar-refractivity contribution in [2.75, 3.05) is 13.2 Å². The summed E-state index contributed by atoms with van der Waals surface area (Å²) in [5.74, 6) is -0.968. The average molecular weight is 1010 g/mol.